The van der Waals surface area contributed by atoms with E-state index >= 15 is 0 Å². The monoisotopic (exact) mass is 572 g/mol. The Labute approximate surface area is 243 Å². The van der Waals surface area contributed by atoms with Gasteiger partial charge >= 0.3 is 6.18 Å². The van der Waals surface area contributed by atoms with E-state index in [4.69, 9.17) is 0 Å². The molecule has 41 heavy (non-hydrogen) atoms. The second-order valence-electron chi connectivity index (χ2n) is 9.72. The average molecular weight is 573 g/mol. The Bertz CT molecular complexity index is 1130. The van der Waals surface area contributed by atoms with E-state index in [1.807, 2.05) is 24.3 Å². The molecule has 1 aliphatic rings. The lowest BCUT2D eigenvalue weighted by molar-refractivity contribution is -0.126. The van der Waals surface area contributed by atoms with Crippen LogP contribution in [0.4, 0.5) is 17.6 Å². The number of unbranched alkanes of at least 4 members (excludes halogenated alkanes) is 1. The molecule has 0 aromatic carbocycles. The number of hydrogen-bond donors (Lipinski definition) is 2. The summed E-state index contributed by atoms with van der Waals surface area (Å²) in [5, 5.41) is 6.21. The number of nitrogens with one attached hydrogen (secondary N) is 2. The molecule has 3 nitrogen and oxygen atoms in total. The van der Waals surface area contributed by atoms with Gasteiger partial charge in [0.05, 0.1) is 12.2 Å². The maximum Gasteiger partial charge on any atom is 0.393 e. The van der Waals surface area contributed by atoms with Crippen LogP contribution in [0.25, 0.3) is 0 Å². The van der Waals surface area contributed by atoms with Gasteiger partial charge in [0.2, 0.25) is 0 Å². The van der Waals surface area contributed by atoms with Gasteiger partial charge in [-0.15, -0.1) is 0 Å². The van der Waals surface area contributed by atoms with E-state index < -0.39 is 24.3 Å². The van der Waals surface area contributed by atoms with Gasteiger partial charge in [0.25, 0.3) is 0 Å². The number of halogens is 4. The molecule has 224 valence electrons. The molecular weight excluding hydrogens is 528 g/mol. The summed E-state index contributed by atoms with van der Waals surface area (Å²) in [5.74, 6) is -1.28. The first kappa shape index (κ1) is 35.7. The summed E-state index contributed by atoms with van der Waals surface area (Å²) < 4.78 is 56.1. The lowest BCUT2D eigenvalue weighted by Gasteiger charge is -2.22. The third-order valence-corrected chi connectivity index (χ3v) is 6.11. The van der Waals surface area contributed by atoms with Crippen molar-refractivity contribution in [3.05, 3.63) is 120 Å². The van der Waals surface area contributed by atoms with Crippen LogP contribution in [0.15, 0.2) is 120 Å². The van der Waals surface area contributed by atoms with Crippen LogP contribution in [-0.4, -0.2) is 38.6 Å². The van der Waals surface area contributed by atoms with E-state index in [1.54, 1.807) is 56.5 Å². The summed E-state index contributed by atoms with van der Waals surface area (Å²) in [6.45, 7) is 12.3. The molecule has 0 fully saturated rings. The van der Waals surface area contributed by atoms with E-state index in [1.165, 1.54) is 13.0 Å². The summed E-state index contributed by atoms with van der Waals surface area (Å²) in [7, 11) is 1.77. The molecule has 0 aromatic heterocycles. The van der Waals surface area contributed by atoms with Crippen LogP contribution in [-0.2, 0) is 4.79 Å². The minimum atomic E-state index is -4.46. The molecule has 2 N–H and O–H groups in total. The molecule has 1 rings (SSSR count). The lowest BCUT2D eigenvalue weighted by Crippen LogP contribution is -2.14. The topological polar surface area (TPSA) is 41.1 Å². The fourth-order valence-electron chi connectivity index (χ4n) is 4.05. The predicted octanol–water partition coefficient (Wildman–Crippen LogP) is 8.52. The fraction of sp³-hybridized carbons (Fsp3) is 0.382. The number of allylic oxidation sites excluding steroid dienone is 16. The van der Waals surface area contributed by atoms with E-state index in [9.17, 15) is 22.4 Å². The van der Waals surface area contributed by atoms with Crippen LogP contribution < -0.4 is 10.6 Å². The minimum Gasteiger partial charge on any atom is -0.316 e. The Balaban J connectivity index is 3.56. The van der Waals surface area contributed by atoms with Crippen molar-refractivity contribution in [2.24, 2.45) is 5.92 Å². The SMILES string of the molecule is C=CC(=C\C=C\CCCNC/C=C/C(C)=O)/C(C(/C=C\CNC)=C/C(C)C(=C)F)=C(/CC(F)(F)F)C1=CCCC=C1. The molecular formula is C34H44F4N2O. The Hall–Kier alpha value is -3.29. The Morgan fingerprint density at radius 3 is 2.44 bits per heavy atom. The van der Waals surface area contributed by atoms with Crippen molar-refractivity contribution in [3.63, 3.8) is 0 Å². The zero-order valence-electron chi connectivity index (χ0n) is 24.5. The van der Waals surface area contributed by atoms with Crippen LogP contribution in [0.3, 0.4) is 0 Å². The molecule has 7 heteroatoms. The van der Waals surface area contributed by atoms with Gasteiger partial charge in [-0.2, -0.15) is 13.2 Å². The molecule has 0 amide bonds. The quantitative estimate of drug-likeness (QED) is 0.0749. The van der Waals surface area contributed by atoms with Crippen molar-refractivity contribution in [1.29, 1.82) is 0 Å². The summed E-state index contributed by atoms with van der Waals surface area (Å²) in [4.78, 5) is 10.9. The van der Waals surface area contributed by atoms with Crippen molar-refractivity contribution in [2.45, 2.75) is 52.1 Å². The summed E-state index contributed by atoms with van der Waals surface area (Å²) in [6, 6.07) is 0. The molecule has 0 bridgehead atoms. The first-order valence-corrected chi connectivity index (χ1v) is 13.9. The number of likely N-dealkylation sites (N-methyl/N-ethyl adjacent to an activating group) is 1. The van der Waals surface area contributed by atoms with Crippen molar-refractivity contribution in [3.8, 4) is 0 Å². The van der Waals surface area contributed by atoms with E-state index in [2.05, 4.69) is 23.8 Å². The Morgan fingerprint density at radius 1 is 1.12 bits per heavy atom. The molecule has 0 saturated carbocycles. The highest BCUT2D eigenvalue weighted by atomic mass is 19.4. The van der Waals surface area contributed by atoms with Gasteiger partial charge in [0.15, 0.2) is 5.78 Å². The van der Waals surface area contributed by atoms with Gasteiger partial charge in [-0.3, -0.25) is 4.79 Å². The normalized spacial score (nSPS) is 16.4. The molecule has 1 unspecified atom stereocenters. The third kappa shape index (κ3) is 15.3. The molecule has 0 heterocycles. The predicted molar refractivity (Wildman–Crippen MR) is 164 cm³/mol. The van der Waals surface area contributed by atoms with Crippen LogP contribution in [0, 0.1) is 5.92 Å². The molecule has 1 atom stereocenters. The van der Waals surface area contributed by atoms with E-state index in [0.717, 1.165) is 25.8 Å². The molecule has 0 saturated heterocycles. The zero-order valence-corrected chi connectivity index (χ0v) is 24.5. The van der Waals surface area contributed by atoms with Crippen LogP contribution in [0.2, 0.25) is 0 Å². The summed E-state index contributed by atoms with van der Waals surface area (Å²) in [6.07, 6.45) is 18.3. The highest BCUT2D eigenvalue weighted by molar-refractivity contribution is 5.87. The second kappa shape index (κ2) is 19.7. The zero-order chi connectivity index (χ0) is 30.7. The van der Waals surface area contributed by atoms with Crippen LogP contribution in [0.5, 0.6) is 0 Å². The smallest absolute Gasteiger partial charge is 0.316 e. The van der Waals surface area contributed by atoms with Gasteiger partial charge in [-0.25, -0.2) is 4.39 Å². The van der Waals surface area contributed by atoms with Crippen molar-refractivity contribution < 1.29 is 22.4 Å². The Morgan fingerprint density at radius 2 is 1.85 bits per heavy atom. The summed E-state index contributed by atoms with van der Waals surface area (Å²) >= 11 is 0. The first-order chi connectivity index (χ1) is 19.5. The standard InChI is InChI=1S/C34H44F4N2O/c1-6-29(17-10-7-8-13-22-40-23-14-16-27(3)41)33(31(20-15-21-39-5)24-26(2)28(4)35)32(25-34(36,37)38)30-18-11-9-12-19-30/h6-7,10-11,14-20,24,26,39-40H,1,4,8-9,12-13,21-23,25H2,2-3,5H3/b10-7+,16-14+,20-15-,29-17+,31-24+,33-32+. The van der Waals surface area contributed by atoms with Crippen LogP contribution >= 0.6 is 0 Å². The maximum absolute atomic E-state index is 14.1. The largest absolute Gasteiger partial charge is 0.393 e. The van der Waals surface area contributed by atoms with E-state index in [-0.39, 0.29) is 11.4 Å². The number of hydrogen-bond acceptors (Lipinski definition) is 3. The average Bonchev–Trinajstić information content (AvgIpc) is 2.91. The van der Waals surface area contributed by atoms with Gasteiger partial charge in [0.1, 0.15) is 0 Å². The van der Waals surface area contributed by atoms with Crippen molar-refractivity contribution in [1.82, 2.24) is 10.6 Å². The van der Waals surface area contributed by atoms with Gasteiger partial charge in [0, 0.05) is 19.0 Å². The maximum atomic E-state index is 14.1. The Kier molecular flexibility index (Phi) is 17.2. The third-order valence-electron chi connectivity index (χ3n) is 6.11. The number of alkyl halides is 3. The summed E-state index contributed by atoms with van der Waals surface area (Å²) in [5.41, 5.74) is 1.95. The number of rotatable bonds is 18. The number of carbonyl (C=O) groups is 1. The number of ketones is 1. The number of carbonyl (C=O) groups excluding carboxylic acids is 1. The van der Waals surface area contributed by atoms with Crippen molar-refractivity contribution >= 4 is 5.78 Å². The van der Waals surface area contributed by atoms with E-state index in [0.29, 0.717) is 41.8 Å². The second-order valence-corrected chi connectivity index (χ2v) is 9.72. The molecule has 0 spiro atoms. The fourth-order valence-corrected chi connectivity index (χ4v) is 4.05. The van der Waals surface area contributed by atoms with Crippen LogP contribution in [0.1, 0.15) is 46.0 Å². The lowest BCUT2D eigenvalue weighted by atomic mass is 9.84. The van der Waals surface area contributed by atoms with Gasteiger partial charge in [-0.05, 0) is 80.1 Å². The highest BCUT2D eigenvalue weighted by Gasteiger charge is 2.32. The highest BCUT2D eigenvalue weighted by Crippen LogP contribution is 2.38. The minimum absolute atomic E-state index is 0.00163. The van der Waals surface area contributed by atoms with Crippen molar-refractivity contribution in [2.75, 3.05) is 26.7 Å². The molecule has 1 aliphatic carbocycles. The first-order valence-electron chi connectivity index (χ1n) is 13.9. The van der Waals surface area contributed by atoms with Gasteiger partial charge < -0.3 is 10.6 Å². The van der Waals surface area contributed by atoms with Gasteiger partial charge in [-0.1, -0.05) is 86.9 Å². The molecule has 0 radical (unpaired) electrons. The molecule has 0 aliphatic heterocycles. The molecule has 0 aromatic rings.